The molecule has 1 saturated heterocycles. The fourth-order valence-corrected chi connectivity index (χ4v) is 5.08. The van der Waals surface area contributed by atoms with Gasteiger partial charge in [-0.2, -0.15) is 0 Å². The molecule has 7 heteroatoms. The number of hydrogen-bond acceptors (Lipinski definition) is 5. The maximum atomic E-state index is 13.4. The van der Waals surface area contributed by atoms with E-state index in [0.29, 0.717) is 32.5 Å². The summed E-state index contributed by atoms with van der Waals surface area (Å²) in [4.78, 5) is 35.0. The highest BCUT2D eigenvalue weighted by Gasteiger charge is 2.17. The number of rotatable bonds is 14. The lowest BCUT2D eigenvalue weighted by Gasteiger charge is -2.24. The van der Waals surface area contributed by atoms with E-state index in [0.717, 1.165) is 56.2 Å². The van der Waals surface area contributed by atoms with Crippen molar-refractivity contribution in [1.29, 1.82) is 0 Å². The summed E-state index contributed by atoms with van der Waals surface area (Å²) in [5.74, 6) is 0.00991. The summed E-state index contributed by atoms with van der Waals surface area (Å²) >= 11 is 0. The van der Waals surface area contributed by atoms with Crippen LogP contribution in [-0.4, -0.2) is 56.8 Å². The first-order chi connectivity index (χ1) is 19.5. The van der Waals surface area contributed by atoms with Gasteiger partial charge < -0.3 is 14.5 Å². The minimum absolute atomic E-state index is 0.126. The minimum Gasteiger partial charge on any atom is -0.378 e. The lowest BCUT2D eigenvalue weighted by atomic mass is 10.0. The number of fused-ring (bicyclic) bond motifs is 1. The number of carbonyl (C=O) groups excluding carboxylic acids is 2. The quantitative estimate of drug-likeness (QED) is 0.209. The second-order valence-corrected chi connectivity index (χ2v) is 10.8. The van der Waals surface area contributed by atoms with Crippen molar-refractivity contribution in [2.75, 3.05) is 38.7 Å². The number of unbranched alkanes of at least 4 members (excludes halogenated alkanes) is 2. The maximum Gasteiger partial charge on any atom is 0.243 e. The molecular formula is C33H43N3O4. The highest BCUT2D eigenvalue weighted by Crippen LogP contribution is 2.20. The first kappa shape index (κ1) is 29.6. The second kappa shape index (κ2) is 15.4. The molecule has 0 aromatic heterocycles. The van der Waals surface area contributed by atoms with Crippen molar-refractivity contribution in [2.45, 2.75) is 64.1 Å². The zero-order valence-corrected chi connectivity index (χ0v) is 23.9. The number of hydrogen-bond donors (Lipinski definition) is 1. The fraction of sp³-hybridized carbons (Fsp3) is 0.455. The molecule has 1 heterocycles. The summed E-state index contributed by atoms with van der Waals surface area (Å²) in [6.45, 7) is 2.02. The number of anilines is 1. The Hall–Kier alpha value is -3.42. The number of nitrogens with zero attached hydrogens (tertiary/aromatic N) is 2. The summed E-state index contributed by atoms with van der Waals surface area (Å²) in [5, 5.41) is 2.46. The molecule has 1 atom stereocenters. The van der Waals surface area contributed by atoms with Crippen LogP contribution in [0.3, 0.4) is 0 Å². The normalized spacial score (nSPS) is 15.1. The Labute approximate surface area is 238 Å². The predicted octanol–water partition coefficient (Wildman–Crippen LogP) is 5.65. The van der Waals surface area contributed by atoms with Gasteiger partial charge in [-0.1, -0.05) is 61.0 Å². The van der Waals surface area contributed by atoms with Crippen molar-refractivity contribution < 1.29 is 19.2 Å². The molecule has 1 fully saturated rings. The summed E-state index contributed by atoms with van der Waals surface area (Å²) in [6.07, 6.45) is 6.61. The molecule has 3 aromatic rings. The standard InChI is InChI=1S/C33H43N3O4/c1-35(2)29-19-17-26(18-20-29)25-32(38)36(23-21-28-13-10-12-27-11-5-6-14-30(27)28)22-8-3-4-15-31(37)34-40-33-16-7-9-24-39-33/h5-6,10-14,17-20,33H,3-4,7-9,15-16,21-25H2,1-2H3,(H,34,37). The van der Waals surface area contributed by atoms with Gasteiger partial charge in [0, 0.05) is 52.3 Å². The summed E-state index contributed by atoms with van der Waals surface area (Å²) < 4.78 is 5.48. The van der Waals surface area contributed by atoms with Gasteiger partial charge in [-0.25, -0.2) is 10.3 Å². The molecule has 0 spiro atoms. The molecule has 1 N–H and O–H groups in total. The van der Waals surface area contributed by atoms with Crippen molar-refractivity contribution in [2.24, 2.45) is 0 Å². The largest absolute Gasteiger partial charge is 0.378 e. The van der Waals surface area contributed by atoms with E-state index in [4.69, 9.17) is 9.57 Å². The third kappa shape index (κ3) is 9.07. The predicted molar refractivity (Wildman–Crippen MR) is 160 cm³/mol. The van der Waals surface area contributed by atoms with Crippen molar-refractivity contribution in [3.05, 3.63) is 77.9 Å². The molecule has 0 radical (unpaired) electrons. The zero-order chi connectivity index (χ0) is 28.2. The Morgan fingerprint density at radius 1 is 0.925 bits per heavy atom. The monoisotopic (exact) mass is 545 g/mol. The first-order valence-electron chi connectivity index (χ1n) is 14.6. The number of benzene rings is 3. The van der Waals surface area contributed by atoms with E-state index < -0.39 is 0 Å². The zero-order valence-electron chi connectivity index (χ0n) is 23.9. The maximum absolute atomic E-state index is 13.4. The van der Waals surface area contributed by atoms with Gasteiger partial charge in [-0.15, -0.1) is 0 Å². The van der Waals surface area contributed by atoms with Crippen LogP contribution in [0.4, 0.5) is 5.69 Å². The Balaban J connectivity index is 1.29. The van der Waals surface area contributed by atoms with Gasteiger partial charge in [-0.05, 0) is 66.1 Å². The molecule has 214 valence electrons. The fourth-order valence-electron chi connectivity index (χ4n) is 5.08. The highest BCUT2D eigenvalue weighted by molar-refractivity contribution is 5.85. The minimum atomic E-state index is -0.335. The van der Waals surface area contributed by atoms with E-state index >= 15 is 0 Å². The van der Waals surface area contributed by atoms with Gasteiger partial charge in [0.2, 0.25) is 11.8 Å². The molecule has 0 saturated carbocycles. The molecule has 0 bridgehead atoms. The van der Waals surface area contributed by atoms with E-state index in [9.17, 15) is 9.59 Å². The van der Waals surface area contributed by atoms with Gasteiger partial charge in [0.25, 0.3) is 0 Å². The average molecular weight is 546 g/mol. The number of hydroxylamine groups is 1. The van der Waals surface area contributed by atoms with Crippen molar-refractivity contribution >= 4 is 28.3 Å². The van der Waals surface area contributed by atoms with E-state index in [2.05, 4.69) is 65.0 Å². The van der Waals surface area contributed by atoms with Crippen LogP contribution in [0.15, 0.2) is 66.7 Å². The molecule has 7 nitrogen and oxygen atoms in total. The van der Waals surface area contributed by atoms with Crippen LogP contribution in [0, 0.1) is 0 Å². The molecule has 1 unspecified atom stereocenters. The summed E-state index contributed by atoms with van der Waals surface area (Å²) in [7, 11) is 4.02. The van der Waals surface area contributed by atoms with E-state index in [-0.39, 0.29) is 18.1 Å². The molecule has 3 aromatic carbocycles. The molecule has 1 aliphatic rings. The molecule has 1 aliphatic heterocycles. The summed E-state index contributed by atoms with van der Waals surface area (Å²) in [5.41, 5.74) is 5.92. The average Bonchev–Trinajstić information content (AvgIpc) is 2.98. The Bertz CT molecular complexity index is 1220. The van der Waals surface area contributed by atoms with E-state index in [1.54, 1.807) is 0 Å². The number of nitrogens with one attached hydrogen (secondary N) is 1. The Morgan fingerprint density at radius 2 is 1.73 bits per heavy atom. The molecule has 0 aliphatic carbocycles. The Kier molecular flexibility index (Phi) is 11.4. The van der Waals surface area contributed by atoms with Crippen molar-refractivity contribution in [1.82, 2.24) is 10.4 Å². The van der Waals surface area contributed by atoms with Crippen LogP contribution in [0.1, 0.15) is 56.1 Å². The molecule has 40 heavy (non-hydrogen) atoms. The van der Waals surface area contributed by atoms with Crippen molar-refractivity contribution in [3.8, 4) is 0 Å². The van der Waals surface area contributed by atoms with Crippen molar-refractivity contribution in [3.63, 3.8) is 0 Å². The number of ether oxygens (including phenoxy) is 1. The summed E-state index contributed by atoms with van der Waals surface area (Å²) in [6, 6.07) is 23.0. The van der Waals surface area contributed by atoms with Crippen LogP contribution in [0.2, 0.25) is 0 Å². The van der Waals surface area contributed by atoms with Crippen LogP contribution < -0.4 is 10.4 Å². The lowest BCUT2D eigenvalue weighted by molar-refractivity contribution is -0.200. The van der Waals surface area contributed by atoms with Crippen LogP contribution >= 0.6 is 0 Å². The van der Waals surface area contributed by atoms with Gasteiger partial charge in [0.1, 0.15) is 0 Å². The smallest absolute Gasteiger partial charge is 0.243 e. The van der Waals surface area contributed by atoms with Crippen LogP contribution in [-0.2, 0) is 32.0 Å². The third-order valence-electron chi connectivity index (χ3n) is 7.47. The topological polar surface area (TPSA) is 71.1 Å². The lowest BCUT2D eigenvalue weighted by Crippen LogP contribution is -2.35. The van der Waals surface area contributed by atoms with E-state index in [1.165, 1.54) is 16.3 Å². The number of amides is 2. The SMILES string of the molecule is CN(C)c1ccc(CC(=O)N(CCCCCC(=O)NOC2CCCCO2)CCc2cccc3ccccc23)cc1. The van der Waals surface area contributed by atoms with E-state index in [1.807, 2.05) is 31.1 Å². The van der Waals surface area contributed by atoms with Gasteiger partial charge in [0.05, 0.1) is 6.42 Å². The van der Waals surface area contributed by atoms with Crippen LogP contribution in [0.5, 0.6) is 0 Å². The number of carbonyl (C=O) groups is 2. The highest BCUT2D eigenvalue weighted by atomic mass is 16.8. The second-order valence-electron chi connectivity index (χ2n) is 10.8. The molecule has 2 amide bonds. The third-order valence-corrected chi connectivity index (χ3v) is 7.47. The van der Waals surface area contributed by atoms with Gasteiger partial charge in [0.15, 0.2) is 6.29 Å². The van der Waals surface area contributed by atoms with Crippen LogP contribution in [0.25, 0.3) is 10.8 Å². The Morgan fingerprint density at radius 3 is 2.50 bits per heavy atom. The van der Waals surface area contributed by atoms with Gasteiger partial charge >= 0.3 is 0 Å². The first-order valence-corrected chi connectivity index (χ1v) is 14.6. The molecular weight excluding hydrogens is 502 g/mol. The molecule has 4 rings (SSSR count). The van der Waals surface area contributed by atoms with Gasteiger partial charge in [-0.3, -0.25) is 9.59 Å².